The highest BCUT2D eigenvalue weighted by Gasteiger charge is 2.19. The highest BCUT2D eigenvalue weighted by Crippen LogP contribution is 2.16. The van der Waals surface area contributed by atoms with Gasteiger partial charge in [0.1, 0.15) is 0 Å². The van der Waals surface area contributed by atoms with Crippen molar-refractivity contribution in [3.05, 3.63) is 11.1 Å². The van der Waals surface area contributed by atoms with Crippen LogP contribution >= 0.6 is 11.3 Å². The minimum atomic E-state index is -0.121. The van der Waals surface area contributed by atoms with Gasteiger partial charge in [-0.05, 0) is 13.5 Å². The number of urea groups is 1. The maximum atomic E-state index is 12.1. The fraction of sp³-hybridized carbons (Fsp3) is 0.643. The largest absolute Gasteiger partial charge is 0.356 e. The van der Waals surface area contributed by atoms with Crippen LogP contribution in [0.3, 0.4) is 0 Å². The lowest BCUT2D eigenvalue weighted by molar-refractivity contribution is -0.120. The molecule has 1 fully saturated rings. The molecule has 0 saturated carbocycles. The zero-order valence-corrected chi connectivity index (χ0v) is 13.9. The van der Waals surface area contributed by atoms with Crippen molar-refractivity contribution in [3.8, 4) is 0 Å². The van der Waals surface area contributed by atoms with Crippen molar-refractivity contribution < 1.29 is 9.59 Å². The van der Waals surface area contributed by atoms with E-state index in [1.54, 1.807) is 4.90 Å². The van der Waals surface area contributed by atoms with Crippen LogP contribution in [0.15, 0.2) is 5.38 Å². The van der Waals surface area contributed by atoms with Gasteiger partial charge >= 0.3 is 6.03 Å². The number of piperazine rings is 1. The summed E-state index contributed by atoms with van der Waals surface area (Å²) in [6, 6.07) is -0.121. The first-order chi connectivity index (χ1) is 10.6. The number of hydrogen-bond donors (Lipinski definition) is 2. The van der Waals surface area contributed by atoms with Gasteiger partial charge in [-0.15, -0.1) is 11.3 Å². The Balaban J connectivity index is 1.81. The number of amides is 3. The van der Waals surface area contributed by atoms with Crippen LogP contribution < -0.4 is 10.6 Å². The van der Waals surface area contributed by atoms with Gasteiger partial charge in [0, 0.05) is 38.1 Å². The molecule has 3 amide bonds. The number of nitrogens with zero attached hydrogens (tertiary/aromatic N) is 3. The monoisotopic (exact) mass is 325 g/mol. The summed E-state index contributed by atoms with van der Waals surface area (Å²) in [5.41, 5.74) is 0.687. The topological polar surface area (TPSA) is 77.6 Å². The normalized spacial score (nSPS) is 15.6. The van der Waals surface area contributed by atoms with E-state index in [4.69, 9.17) is 0 Å². The van der Waals surface area contributed by atoms with E-state index >= 15 is 0 Å². The maximum Gasteiger partial charge on any atom is 0.323 e. The quantitative estimate of drug-likeness (QED) is 0.846. The Kier molecular flexibility index (Phi) is 6.14. The van der Waals surface area contributed by atoms with Crippen molar-refractivity contribution in [2.45, 2.75) is 19.8 Å². The molecule has 1 aliphatic heterocycles. The summed E-state index contributed by atoms with van der Waals surface area (Å²) in [7, 11) is 2.05. The fourth-order valence-electron chi connectivity index (χ4n) is 2.12. The third kappa shape index (κ3) is 4.96. The molecule has 7 nitrogen and oxygen atoms in total. The Morgan fingerprint density at radius 2 is 2.05 bits per heavy atom. The van der Waals surface area contributed by atoms with Crippen LogP contribution in [0, 0.1) is 0 Å². The summed E-state index contributed by atoms with van der Waals surface area (Å²) < 4.78 is 0. The summed E-state index contributed by atoms with van der Waals surface area (Å²) in [5, 5.41) is 7.97. The van der Waals surface area contributed by atoms with Crippen molar-refractivity contribution in [3.63, 3.8) is 0 Å². The van der Waals surface area contributed by atoms with Crippen LogP contribution in [0.25, 0.3) is 0 Å². The average molecular weight is 325 g/mol. The maximum absolute atomic E-state index is 12.1. The van der Waals surface area contributed by atoms with Gasteiger partial charge in [-0.3, -0.25) is 10.1 Å². The van der Waals surface area contributed by atoms with Gasteiger partial charge in [0.15, 0.2) is 5.13 Å². The second kappa shape index (κ2) is 8.09. The molecule has 0 aromatic carbocycles. The van der Waals surface area contributed by atoms with Gasteiger partial charge in [-0.2, -0.15) is 0 Å². The lowest BCUT2D eigenvalue weighted by Crippen LogP contribution is -2.48. The first-order valence-electron chi connectivity index (χ1n) is 7.54. The molecule has 122 valence electrons. The molecule has 0 spiro atoms. The van der Waals surface area contributed by atoms with E-state index in [1.165, 1.54) is 11.3 Å². The van der Waals surface area contributed by atoms with Gasteiger partial charge in [-0.1, -0.05) is 6.92 Å². The Morgan fingerprint density at radius 3 is 2.73 bits per heavy atom. The van der Waals surface area contributed by atoms with Crippen molar-refractivity contribution in [1.29, 1.82) is 0 Å². The average Bonchev–Trinajstić information content (AvgIpc) is 2.92. The number of nitrogens with one attached hydrogen (secondary N) is 2. The van der Waals surface area contributed by atoms with Crippen LogP contribution in [-0.4, -0.2) is 66.5 Å². The number of hydrogen-bond acceptors (Lipinski definition) is 5. The molecular weight excluding hydrogens is 302 g/mol. The molecule has 2 heterocycles. The summed E-state index contributed by atoms with van der Waals surface area (Å²) in [6.45, 7) is 5.90. The Bertz CT molecular complexity index is 511. The fourth-order valence-corrected chi connectivity index (χ4v) is 2.82. The molecule has 1 aromatic rings. The number of likely N-dealkylation sites (N-methyl/N-ethyl adjacent to an activating group) is 1. The summed E-state index contributed by atoms with van der Waals surface area (Å²) in [5.74, 6) is -0.0379. The molecule has 2 rings (SSSR count). The number of aromatic nitrogens is 1. The summed E-state index contributed by atoms with van der Waals surface area (Å²) in [4.78, 5) is 32.0. The number of rotatable bonds is 5. The van der Waals surface area contributed by atoms with E-state index in [0.717, 1.165) is 32.6 Å². The smallest absolute Gasteiger partial charge is 0.323 e. The molecule has 0 atom stereocenters. The number of anilines is 1. The van der Waals surface area contributed by atoms with Crippen molar-refractivity contribution in [2.75, 3.05) is 45.1 Å². The van der Waals surface area contributed by atoms with E-state index in [2.05, 4.69) is 20.5 Å². The first kappa shape index (κ1) is 16.7. The van der Waals surface area contributed by atoms with E-state index < -0.39 is 0 Å². The Labute approximate surface area is 134 Å². The molecule has 0 aliphatic carbocycles. The number of thiazole rings is 1. The lowest BCUT2D eigenvalue weighted by atomic mass is 10.3. The zero-order valence-electron chi connectivity index (χ0n) is 13.1. The van der Waals surface area contributed by atoms with Crippen LogP contribution in [0.5, 0.6) is 0 Å². The Hall–Kier alpha value is -1.67. The van der Waals surface area contributed by atoms with Crippen molar-refractivity contribution >= 4 is 28.4 Å². The molecule has 0 unspecified atom stereocenters. The number of carbonyl (C=O) groups excluding carboxylic acids is 2. The molecule has 1 aliphatic rings. The predicted octanol–water partition coefficient (Wildman–Crippen LogP) is 0.991. The van der Waals surface area contributed by atoms with Crippen LogP contribution in [0.4, 0.5) is 9.93 Å². The van der Waals surface area contributed by atoms with E-state index in [-0.39, 0.29) is 18.4 Å². The van der Waals surface area contributed by atoms with E-state index in [1.807, 2.05) is 19.4 Å². The first-order valence-corrected chi connectivity index (χ1v) is 8.42. The highest BCUT2D eigenvalue weighted by molar-refractivity contribution is 7.13. The summed E-state index contributed by atoms with van der Waals surface area (Å²) >= 11 is 1.35. The van der Waals surface area contributed by atoms with Gasteiger partial charge < -0.3 is 15.1 Å². The molecule has 1 aromatic heterocycles. The van der Waals surface area contributed by atoms with Gasteiger partial charge in [0.05, 0.1) is 12.1 Å². The van der Waals surface area contributed by atoms with Gasteiger partial charge in [-0.25, -0.2) is 9.78 Å². The van der Waals surface area contributed by atoms with Crippen molar-refractivity contribution in [1.82, 2.24) is 20.1 Å². The molecule has 8 heteroatoms. The highest BCUT2D eigenvalue weighted by atomic mass is 32.1. The summed E-state index contributed by atoms with van der Waals surface area (Å²) in [6.07, 6.45) is 1.16. The predicted molar refractivity (Wildman–Crippen MR) is 87.2 cm³/mol. The second-order valence-corrected chi connectivity index (χ2v) is 6.25. The molecule has 2 N–H and O–H groups in total. The third-order valence-electron chi connectivity index (χ3n) is 3.47. The van der Waals surface area contributed by atoms with Gasteiger partial charge in [0.25, 0.3) is 0 Å². The van der Waals surface area contributed by atoms with Gasteiger partial charge in [0.2, 0.25) is 5.91 Å². The molecular formula is C14H23N5O2S. The van der Waals surface area contributed by atoms with Crippen LogP contribution in [0.1, 0.15) is 19.0 Å². The molecule has 22 heavy (non-hydrogen) atoms. The second-order valence-electron chi connectivity index (χ2n) is 5.39. The van der Waals surface area contributed by atoms with E-state index in [0.29, 0.717) is 17.4 Å². The minimum absolute atomic E-state index is 0.0379. The van der Waals surface area contributed by atoms with Crippen molar-refractivity contribution in [2.24, 2.45) is 0 Å². The zero-order chi connectivity index (χ0) is 15.9. The van der Waals surface area contributed by atoms with Crippen LogP contribution in [0.2, 0.25) is 0 Å². The molecule has 0 bridgehead atoms. The molecule has 1 saturated heterocycles. The SMILES string of the molecule is CCCNC(=O)Cc1csc(NC(=O)N2CCN(C)CC2)n1. The third-order valence-corrected chi connectivity index (χ3v) is 4.28. The van der Waals surface area contributed by atoms with Crippen LogP contribution in [-0.2, 0) is 11.2 Å². The van der Waals surface area contributed by atoms with E-state index in [9.17, 15) is 9.59 Å². The molecule has 0 radical (unpaired) electrons. The minimum Gasteiger partial charge on any atom is -0.356 e. The standard InChI is InChI=1S/C14H23N5O2S/c1-3-4-15-12(20)9-11-10-22-13(16-11)17-14(21)19-7-5-18(2)6-8-19/h10H,3-9H2,1-2H3,(H,15,20)(H,16,17,21). The number of carbonyl (C=O) groups is 2. The lowest BCUT2D eigenvalue weighted by Gasteiger charge is -2.32. The Morgan fingerprint density at radius 1 is 1.32 bits per heavy atom.